The van der Waals surface area contributed by atoms with E-state index in [9.17, 15) is 9.18 Å². The van der Waals surface area contributed by atoms with Crippen LogP contribution >= 0.6 is 0 Å². The SMILES string of the molecule is CCc1nn(Cc2cnn([C@@H]3CCNC[C@@H]3F)c2)c2cccc(NC(=O)c3cnc4ccccn34)c12. The molecule has 1 amide bonds. The summed E-state index contributed by atoms with van der Waals surface area (Å²) in [6, 6.07) is 11.2. The van der Waals surface area contributed by atoms with E-state index in [-0.39, 0.29) is 11.9 Å². The number of benzene rings is 1. The summed E-state index contributed by atoms with van der Waals surface area (Å²) in [4.78, 5) is 17.5. The second kappa shape index (κ2) is 9.19. The van der Waals surface area contributed by atoms with Crippen molar-refractivity contribution >= 4 is 28.1 Å². The molecule has 1 aliphatic heterocycles. The van der Waals surface area contributed by atoms with Gasteiger partial charge in [0.25, 0.3) is 5.91 Å². The number of nitrogens with one attached hydrogen (secondary N) is 2. The second-order valence-corrected chi connectivity index (χ2v) is 9.09. The number of aryl methyl sites for hydroxylation is 1. The van der Waals surface area contributed by atoms with Crippen LogP contribution in [0.2, 0.25) is 0 Å². The van der Waals surface area contributed by atoms with E-state index in [1.165, 1.54) is 0 Å². The maximum atomic E-state index is 14.4. The van der Waals surface area contributed by atoms with Crippen LogP contribution in [0.3, 0.4) is 0 Å². The molecule has 9 nitrogen and oxygen atoms in total. The topological polar surface area (TPSA) is 94.1 Å². The molecule has 0 bridgehead atoms. The number of pyridine rings is 1. The number of fused-ring (bicyclic) bond motifs is 2. The summed E-state index contributed by atoms with van der Waals surface area (Å²) in [5.41, 5.74) is 4.65. The van der Waals surface area contributed by atoms with Crippen molar-refractivity contribution in [2.75, 3.05) is 18.4 Å². The Balaban J connectivity index is 1.30. The number of piperidine rings is 1. The van der Waals surface area contributed by atoms with Gasteiger partial charge in [-0.1, -0.05) is 19.1 Å². The molecule has 2 atom stereocenters. The quantitative estimate of drug-likeness (QED) is 0.382. The van der Waals surface area contributed by atoms with Crippen LogP contribution in [0.4, 0.5) is 10.1 Å². The van der Waals surface area contributed by atoms with Gasteiger partial charge in [0.15, 0.2) is 0 Å². The van der Waals surface area contributed by atoms with Gasteiger partial charge in [-0.15, -0.1) is 0 Å². The Hall–Kier alpha value is -4.05. The minimum atomic E-state index is -0.956. The van der Waals surface area contributed by atoms with Crippen molar-refractivity contribution in [3.05, 3.63) is 78.1 Å². The molecule has 5 heterocycles. The Labute approximate surface area is 206 Å². The normalized spacial score (nSPS) is 18.2. The highest BCUT2D eigenvalue weighted by Crippen LogP contribution is 2.29. The Bertz CT molecular complexity index is 1550. The van der Waals surface area contributed by atoms with Gasteiger partial charge >= 0.3 is 0 Å². The molecule has 0 aliphatic carbocycles. The summed E-state index contributed by atoms with van der Waals surface area (Å²) in [5, 5.41) is 16.4. The monoisotopic (exact) mass is 486 g/mol. The van der Waals surface area contributed by atoms with Gasteiger partial charge in [-0.2, -0.15) is 10.2 Å². The van der Waals surface area contributed by atoms with E-state index in [1.54, 1.807) is 21.5 Å². The number of carbonyl (C=O) groups is 1. The zero-order valence-electron chi connectivity index (χ0n) is 19.9. The molecule has 0 radical (unpaired) electrons. The molecule has 0 unspecified atom stereocenters. The second-order valence-electron chi connectivity index (χ2n) is 9.09. The van der Waals surface area contributed by atoms with Crippen molar-refractivity contribution in [2.24, 2.45) is 0 Å². The number of rotatable bonds is 6. The number of aromatic nitrogens is 6. The molecule has 2 N–H and O–H groups in total. The first-order valence-corrected chi connectivity index (χ1v) is 12.2. The Morgan fingerprint density at radius 3 is 3.00 bits per heavy atom. The first-order chi connectivity index (χ1) is 17.6. The van der Waals surface area contributed by atoms with Crippen LogP contribution in [-0.2, 0) is 13.0 Å². The number of alkyl halides is 1. The minimum Gasteiger partial charge on any atom is -0.320 e. The summed E-state index contributed by atoms with van der Waals surface area (Å²) in [6.45, 7) is 3.69. The molecule has 4 aromatic heterocycles. The number of halogens is 1. The number of hydrogen-bond acceptors (Lipinski definition) is 5. The minimum absolute atomic E-state index is 0.236. The molecule has 1 saturated heterocycles. The summed E-state index contributed by atoms with van der Waals surface area (Å²) < 4.78 is 19.8. The van der Waals surface area contributed by atoms with Gasteiger partial charge in [-0.25, -0.2) is 9.37 Å². The number of carbonyl (C=O) groups excluding carboxylic acids is 1. The molecule has 10 heteroatoms. The van der Waals surface area contributed by atoms with Crippen LogP contribution < -0.4 is 10.6 Å². The Kier molecular flexibility index (Phi) is 5.73. The van der Waals surface area contributed by atoms with Gasteiger partial charge in [0, 0.05) is 29.9 Å². The fourth-order valence-corrected chi connectivity index (χ4v) is 4.99. The largest absolute Gasteiger partial charge is 0.320 e. The zero-order valence-corrected chi connectivity index (χ0v) is 19.9. The first-order valence-electron chi connectivity index (χ1n) is 12.2. The fraction of sp³-hybridized carbons (Fsp3) is 0.308. The van der Waals surface area contributed by atoms with Crippen LogP contribution in [0.25, 0.3) is 16.6 Å². The lowest BCUT2D eigenvalue weighted by molar-refractivity contribution is 0.102. The third-order valence-corrected chi connectivity index (χ3v) is 6.78. The lowest BCUT2D eigenvalue weighted by Crippen LogP contribution is -2.39. The summed E-state index contributed by atoms with van der Waals surface area (Å²) in [7, 11) is 0. The van der Waals surface area contributed by atoms with Crippen LogP contribution in [0.5, 0.6) is 0 Å². The highest BCUT2D eigenvalue weighted by Gasteiger charge is 2.27. The zero-order chi connectivity index (χ0) is 24.6. The molecule has 36 heavy (non-hydrogen) atoms. The number of anilines is 1. The lowest BCUT2D eigenvalue weighted by Gasteiger charge is -2.26. The number of amides is 1. The van der Waals surface area contributed by atoms with Crippen molar-refractivity contribution in [1.29, 1.82) is 0 Å². The average molecular weight is 487 g/mol. The van der Waals surface area contributed by atoms with Gasteiger partial charge < -0.3 is 10.6 Å². The van der Waals surface area contributed by atoms with Crippen molar-refractivity contribution < 1.29 is 9.18 Å². The van der Waals surface area contributed by atoms with Crippen LogP contribution in [0, 0.1) is 0 Å². The molecule has 0 saturated carbocycles. The molecule has 1 fully saturated rings. The molecular weight excluding hydrogens is 459 g/mol. The predicted molar refractivity (Wildman–Crippen MR) is 135 cm³/mol. The molecular formula is C26H27FN8O. The van der Waals surface area contributed by atoms with Crippen molar-refractivity contribution in [2.45, 2.75) is 38.5 Å². The summed E-state index contributed by atoms with van der Waals surface area (Å²) >= 11 is 0. The molecule has 6 rings (SSSR count). The van der Waals surface area contributed by atoms with Crippen molar-refractivity contribution in [1.82, 2.24) is 34.3 Å². The maximum absolute atomic E-state index is 14.4. The van der Waals surface area contributed by atoms with Gasteiger partial charge in [-0.05, 0) is 43.7 Å². The molecule has 184 valence electrons. The summed E-state index contributed by atoms with van der Waals surface area (Å²) in [6.07, 6.45) is 7.57. The van der Waals surface area contributed by atoms with Crippen molar-refractivity contribution in [3.63, 3.8) is 0 Å². The highest BCUT2D eigenvalue weighted by atomic mass is 19.1. The number of hydrogen-bond donors (Lipinski definition) is 2. The first kappa shape index (κ1) is 22.4. The average Bonchev–Trinajstić information content (AvgIpc) is 3.62. The van der Waals surface area contributed by atoms with Crippen molar-refractivity contribution in [3.8, 4) is 0 Å². The van der Waals surface area contributed by atoms with E-state index in [0.717, 1.165) is 28.7 Å². The molecule has 0 spiro atoms. The van der Waals surface area contributed by atoms with E-state index in [1.807, 2.05) is 60.4 Å². The number of imidazole rings is 1. The highest BCUT2D eigenvalue weighted by molar-refractivity contribution is 6.08. The van der Waals surface area contributed by atoms with Crippen LogP contribution in [0.15, 0.2) is 61.2 Å². The van der Waals surface area contributed by atoms with Gasteiger partial charge in [0.05, 0.1) is 41.9 Å². The van der Waals surface area contributed by atoms with E-state index in [0.29, 0.717) is 43.0 Å². The van der Waals surface area contributed by atoms with E-state index < -0.39 is 6.17 Å². The van der Waals surface area contributed by atoms with Gasteiger partial charge in [-0.3, -0.25) is 18.6 Å². The maximum Gasteiger partial charge on any atom is 0.274 e. The lowest BCUT2D eigenvalue weighted by atomic mass is 10.1. The molecule has 1 aromatic carbocycles. The van der Waals surface area contributed by atoms with Gasteiger partial charge in [0.1, 0.15) is 17.5 Å². The molecule has 5 aromatic rings. The summed E-state index contributed by atoms with van der Waals surface area (Å²) in [5.74, 6) is -0.236. The third kappa shape index (κ3) is 3.93. The van der Waals surface area contributed by atoms with E-state index in [4.69, 9.17) is 5.10 Å². The van der Waals surface area contributed by atoms with E-state index >= 15 is 0 Å². The Morgan fingerprint density at radius 2 is 2.14 bits per heavy atom. The Morgan fingerprint density at radius 1 is 1.22 bits per heavy atom. The fourth-order valence-electron chi connectivity index (χ4n) is 4.99. The van der Waals surface area contributed by atoms with Crippen LogP contribution in [0.1, 0.15) is 41.1 Å². The van der Waals surface area contributed by atoms with Gasteiger partial charge in [0.2, 0.25) is 0 Å². The standard InChI is InChI=1S/C26H27FN8O/c1-2-19-25-20(31-26(36)23-14-29-24-8-3-4-11-33(23)24)6-5-7-22(25)35(32-19)16-17-12-30-34(15-17)21-9-10-28-13-18(21)27/h3-8,11-12,14-15,18,21,28H,2,9-10,13,16H2,1H3,(H,31,36)/t18-,21+/m0/s1. The number of nitrogens with zero attached hydrogens (tertiary/aromatic N) is 6. The smallest absolute Gasteiger partial charge is 0.274 e. The third-order valence-electron chi connectivity index (χ3n) is 6.78. The molecule has 1 aliphatic rings. The van der Waals surface area contributed by atoms with Crippen LogP contribution in [-0.4, -0.2) is 54.1 Å². The van der Waals surface area contributed by atoms with E-state index in [2.05, 4.69) is 20.7 Å². The predicted octanol–water partition coefficient (Wildman–Crippen LogP) is 3.62.